The molecule has 0 aromatic rings. The van der Waals surface area contributed by atoms with Crippen LogP contribution in [0.15, 0.2) is 12.7 Å². The van der Waals surface area contributed by atoms with Crippen LogP contribution in [-0.4, -0.2) is 50.6 Å². The van der Waals surface area contributed by atoms with Crippen molar-refractivity contribution in [1.29, 1.82) is 0 Å². The first-order valence-electron chi connectivity index (χ1n) is 9.20. The van der Waals surface area contributed by atoms with Gasteiger partial charge in [-0.05, 0) is 38.0 Å². The number of ether oxygens (including phenoxy) is 3. The van der Waals surface area contributed by atoms with Crippen LogP contribution in [0.5, 0.6) is 0 Å². The topological polar surface area (TPSA) is 103 Å². The molecule has 0 aliphatic carbocycles. The van der Waals surface area contributed by atoms with Crippen LogP contribution in [0.1, 0.15) is 47.5 Å². The molecule has 0 radical (unpaired) electrons. The van der Waals surface area contributed by atoms with E-state index >= 15 is 0 Å². The van der Waals surface area contributed by atoms with E-state index in [9.17, 15) is 14.4 Å². The lowest BCUT2D eigenvalue weighted by molar-refractivity contribution is -0.138. The molecule has 0 aliphatic rings. The highest BCUT2D eigenvalue weighted by molar-refractivity contribution is 5.81. The number of esters is 1. The van der Waals surface area contributed by atoms with Gasteiger partial charge in [-0.15, -0.1) is 0 Å². The molecule has 156 valence electrons. The van der Waals surface area contributed by atoms with Crippen molar-refractivity contribution in [3.63, 3.8) is 0 Å². The molecule has 2 amide bonds. The Kier molecular flexibility index (Phi) is 11.9. The lowest BCUT2D eigenvalue weighted by Crippen LogP contribution is -2.33. The van der Waals surface area contributed by atoms with E-state index in [-0.39, 0.29) is 30.7 Å². The number of amides is 2. The average Bonchev–Trinajstić information content (AvgIpc) is 2.55. The van der Waals surface area contributed by atoms with Gasteiger partial charge in [0.1, 0.15) is 13.2 Å². The predicted octanol–water partition coefficient (Wildman–Crippen LogP) is 3.02. The molecule has 8 nitrogen and oxygen atoms in total. The second kappa shape index (κ2) is 13.0. The zero-order valence-corrected chi connectivity index (χ0v) is 17.1. The van der Waals surface area contributed by atoms with E-state index in [4.69, 9.17) is 14.2 Å². The zero-order valence-electron chi connectivity index (χ0n) is 17.1. The van der Waals surface area contributed by atoms with Crippen molar-refractivity contribution in [3.05, 3.63) is 12.7 Å². The normalized spacial score (nSPS) is 12.1. The molecule has 8 heteroatoms. The smallest absolute Gasteiger partial charge is 0.407 e. The van der Waals surface area contributed by atoms with Crippen molar-refractivity contribution < 1.29 is 28.6 Å². The van der Waals surface area contributed by atoms with Crippen molar-refractivity contribution in [2.75, 3.05) is 26.3 Å². The van der Waals surface area contributed by atoms with E-state index in [1.165, 1.54) is 0 Å². The summed E-state index contributed by atoms with van der Waals surface area (Å²) in [6.45, 7) is 14.1. The molecule has 0 saturated carbocycles. The van der Waals surface area contributed by atoms with Crippen LogP contribution in [0.25, 0.3) is 0 Å². The Morgan fingerprint density at radius 2 is 1.67 bits per heavy atom. The van der Waals surface area contributed by atoms with Crippen LogP contribution in [0.2, 0.25) is 0 Å². The first-order valence-corrected chi connectivity index (χ1v) is 9.20. The van der Waals surface area contributed by atoms with Crippen molar-refractivity contribution in [3.8, 4) is 0 Å². The van der Waals surface area contributed by atoms with Gasteiger partial charge in [0.15, 0.2) is 0 Å². The number of hydrogen-bond donors (Lipinski definition) is 2. The Balaban J connectivity index is 3.94. The summed E-state index contributed by atoms with van der Waals surface area (Å²) in [6, 6.07) is 0. The van der Waals surface area contributed by atoms with E-state index in [0.717, 1.165) is 18.9 Å². The van der Waals surface area contributed by atoms with Gasteiger partial charge in [-0.2, -0.15) is 0 Å². The Labute approximate surface area is 162 Å². The summed E-state index contributed by atoms with van der Waals surface area (Å²) >= 11 is 0. The van der Waals surface area contributed by atoms with Gasteiger partial charge in [0.25, 0.3) is 0 Å². The largest absolute Gasteiger partial charge is 0.459 e. The van der Waals surface area contributed by atoms with Crippen LogP contribution >= 0.6 is 0 Å². The van der Waals surface area contributed by atoms with Gasteiger partial charge in [-0.3, -0.25) is 0 Å². The molecule has 0 saturated heterocycles. The fourth-order valence-corrected chi connectivity index (χ4v) is 2.52. The number of nitrogens with one attached hydrogen (secondary N) is 2. The third-order valence-electron chi connectivity index (χ3n) is 3.64. The summed E-state index contributed by atoms with van der Waals surface area (Å²) in [5.41, 5.74) is -0.0180. The first-order chi connectivity index (χ1) is 12.6. The first kappa shape index (κ1) is 24.8. The molecule has 1 atom stereocenters. The molecule has 0 bridgehead atoms. The van der Waals surface area contributed by atoms with Crippen LogP contribution < -0.4 is 10.6 Å². The zero-order chi connectivity index (χ0) is 20.9. The third kappa shape index (κ3) is 14.6. The molecular weight excluding hydrogens is 352 g/mol. The predicted molar refractivity (Wildman–Crippen MR) is 102 cm³/mol. The Morgan fingerprint density at radius 3 is 2.26 bits per heavy atom. The van der Waals surface area contributed by atoms with E-state index in [1.807, 2.05) is 0 Å². The van der Waals surface area contributed by atoms with Gasteiger partial charge in [0.2, 0.25) is 0 Å². The van der Waals surface area contributed by atoms with Crippen molar-refractivity contribution in [2.24, 2.45) is 11.3 Å². The maximum absolute atomic E-state index is 11.6. The van der Waals surface area contributed by atoms with Gasteiger partial charge < -0.3 is 24.8 Å². The maximum atomic E-state index is 11.6. The lowest BCUT2D eigenvalue weighted by atomic mass is 9.80. The highest BCUT2D eigenvalue weighted by Gasteiger charge is 2.22. The number of carbonyl (C=O) groups is 3. The molecule has 2 N–H and O–H groups in total. The number of hydrogen-bond acceptors (Lipinski definition) is 6. The highest BCUT2D eigenvalue weighted by Crippen LogP contribution is 2.28. The quantitative estimate of drug-likeness (QED) is 0.231. The molecule has 0 rings (SSSR count). The molecule has 0 aromatic heterocycles. The highest BCUT2D eigenvalue weighted by atomic mass is 16.6. The van der Waals surface area contributed by atoms with E-state index in [0.29, 0.717) is 13.1 Å². The molecule has 0 aromatic carbocycles. The van der Waals surface area contributed by atoms with Crippen molar-refractivity contribution >= 4 is 18.2 Å². The van der Waals surface area contributed by atoms with Gasteiger partial charge in [-0.25, -0.2) is 14.4 Å². The summed E-state index contributed by atoms with van der Waals surface area (Å²) in [5, 5.41) is 5.43. The van der Waals surface area contributed by atoms with Crippen molar-refractivity contribution in [2.45, 2.75) is 53.6 Å². The van der Waals surface area contributed by atoms with Crippen LogP contribution in [-0.2, 0) is 19.0 Å². The lowest BCUT2D eigenvalue weighted by Gasteiger charge is -2.28. The van der Waals surface area contributed by atoms with E-state index < -0.39 is 18.2 Å². The average molecular weight is 386 g/mol. The third-order valence-corrected chi connectivity index (χ3v) is 3.64. The molecule has 0 spiro atoms. The summed E-state index contributed by atoms with van der Waals surface area (Å²) in [5.74, 6) is -0.284. The monoisotopic (exact) mass is 386 g/mol. The summed E-state index contributed by atoms with van der Waals surface area (Å²) in [7, 11) is 0. The Morgan fingerprint density at radius 1 is 1.04 bits per heavy atom. The molecular formula is C19H34N2O6. The number of carbonyl (C=O) groups excluding carboxylic acids is 3. The fourth-order valence-electron chi connectivity index (χ4n) is 2.52. The molecule has 0 fully saturated rings. The van der Waals surface area contributed by atoms with Crippen molar-refractivity contribution in [1.82, 2.24) is 10.6 Å². The second-order valence-corrected chi connectivity index (χ2v) is 7.49. The number of rotatable bonds is 12. The van der Waals surface area contributed by atoms with Crippen LogP contribution in [0.3, 0.4) is 0 Å². The standard InChI is InChI=1S/C19H34N2O6/c1-7-16(22)25-10-11-26-17(23)20-9-8-19(5,6)12-15(4)13-21-18(24)27-14(2)3/h7,14-15H,1,8-13H2,2-6H3,(H,20,23)(H,21,24). The second-order valence-electron chi connectivity index (χ2n) is 7.49. The van der Waals surface area contributed by atoms with Crippen LogP contribution in [0, 0.1) is 11.3 Å². The van der Waals surface area contributed by atoms with Gasteiger partial charge in [0.05, 0.1) is 6.10 Å². The molecule has 0 aliphatic heterocycles. The Hall–Kier alpha value is -2.25. The van der Waals surface area contributed by atoms with Crippen LogP contribution in [0.4, 0.5) is 9.59 Å². The number of alkyl carbamates (subject to hydrolysis) is 2. The molecule has 0 heterocycles. The maximum Gasteiger partial charge on any atom is 0.407 e. The minimum absolute atomic E-state index is 0.00642. The summed E-state index contributed by atoms with van der Waals surface area (Å²) < 4.78 is 14.6. The van der Waals surface area contributed by atoms with Gasteiger partial charge >= 0.3 is 18.2 Å². The van der Waals surface area contributed by atoms with Gasteiger partial charge in [0, 0.05) is 19.2 Å². The minimum atomic E-state index is -0.554. The molecule has 1 unspecified atom stereocenters. The van der Waals surface area contributed by atoms with E-state index in [2.05, 4.69) is 38.0 Å². The summed E-state index contributed by atoms with van der Waals surface area (Å²) in [6.07, 6.45) is 1.59. The minimum Gasteiger partial charge on any atom is -0.459 e. The summed E-state index contributed by atoms with van der Waals surface area (Å²) in [4.78, 5) is 33.9. The molecule has 27 heavy (non-hydrogen) atoms. The fraction of sp³-hybridized carbons (Fsp3) is 0.737. The SMILES string of the molecule is C=CC(=O)OCCOC(=O)NCCC(C)(C)CC(C)CNC(=O)OC(C)C. The Bertz CT molecular complexity index is 491. The van der Waals surface area contributed by atoms with E-state index in [1.54, 1.807) is 13.8 Å². The van der Waals surface area contributed by atoms with Gasteiger partial charge in [-0.1, -0.05) is 27.4 Å².